The van der Waals surface area contributed by atoms with Gasteiger partial charge in [0.25, 0.3) is 0 Å². The number of hydrogen-bond acceptors (Lipinski definition) is 3. The normalized spacial score (nSPS) is 10.9. The lowest BCUT2D eigenvalue weighted by Crippen LogP contribution is -2.03. The van der Waals surface area contributed by atoms with Gasteiger partial charge in [0.1, 0.15) is 5.56 Å². The van der Waals surface area contributed by atoms with Crippen LogP contribution in [0.3, 0.4) is 0 Å². The van der Waals surface area contributed by atoms with Crippen molar-refractivity contribution in [3.8, 4) is 11.4 Å². The average Bonchev–Trinajstić information content (AvgIpc) is 2.84. The minimum atomic E-state index is -1.03. The van der Waals surface area contributed by atoms with Crippen LogP contribution in [0.2, 0.25) is 5.02 Å². The fourth-order valence-electron chi connectivity index (χ4n) is 2.00. The van der Waals surface area contributed by atoms with Crippen molar-refractivity contribution in [1.29, 1.82) is 0 Å². The summed E-state index contributed by atoms with van der Waals surface area (Å²) in [6, 6.07) is 10.4. The standard InChI is InChI=1S/C14H10ClN3O2/c1-8-5-6-11(14(19)20)13-16-12(17-18(8)13)9-3-2-4-10(15)7-9/h2-7H,1H3,(H,19,20). The summed E-state index contributed by atoms with van der Waals surface area (Å²) in [6.07, 6.45) is 0. The van der Waals surface area contributed by atoms with Crippen LogP contribution in [-0.2, 0) is 0 Å². The maximum Gasteiger partial charge on any atom is 0.339 e. The van der Waals surface area contributed by atoms with Crippen molar-refractivity contribution in [2.45, 2.75) is 6.92 Å². The molecular formula is C14H10ClN3O2. The zero-order valence-corrected chi connectivity index (χ0v) is 11.3. The number of carbonyl (C=O) groups is 1. The molecule has 5 nitrogen and oxygen atoms in total. The first kappa shape index (κ1) is 12.6. The third-order valence-electron chi connectivity index (χ3n) is 2.99. The molecule has 2 aromatic heterocycles. The van der Waals surface area contributed by atoms with Gasteiger partial charge in [-0.2, -0.15) is 0 Å². The Balaban J connectivity index is 2.27. The molecular weight excluding hydrogens is 278 g/mol. The third kappa shape index (κ3) is 2.02. The largest absolute Gasteiger partial charge is 0.478 e. The van der Waals surface area contributed by atoms with E-state index in [0.29, 0.717) is 16.5 Å². The van der Waals surface area contributed by atoms with E-state index in [4.69, 9.17) is 11.6 Å². The number of halogens is 1. The molecule has 1 aromatic carbocycles. The number of rotatable bonds is 2. The van der Waals surface area contributed by atoms with Gasteiger partial charge in [-0.3, -0.25) is 0 Å². The highest BCUT2D eigenvalue weighted by atomic mass is 35.5. The van der Waals surface area contributed by atoms with Crippen molar-refractivity contribution in [1.82, 2.24) is 14.6 Å². The third-order valence-corrected chi connectivity index (χ3v) is 3.22. The van der Waals surface area contributed by atoms with Gasteiger partial charge in [0.05, 0.1) is 0 Å². The summed E-state index contributed by atoms with van der Waals surface area (Å²) in [5.74, 6) is -0.579. The van der Waals surface area contributed by atoms with E-state index in [2.05, 4.69) is 10.1 Å². The molecule has 0 aliphatic heterocycles. The second kappa shape index (κ2) is 4.61. The van der Waals surface area contributed by atoms with Gasteiger partial charge in [-0.05, 0) is 31.2 Å². The van der Waals surface area contributed by atoms with E-state index in [1.807, 2.05) is 13.0 Å². The molecule has 0 aliphatic rings. The van der Waals surface area contributed by atoms with Crippen LogP contribution < -0.4 is 0 Å². The maximum absolute atomic E-state index is 11.2. The highest BCUT2D eigenvalue weighted by molar-refractivity contribution is 6.30. The molecule has 0 fully saturated rings. The van der Waals surface area contributed by atoms with Crippen molar-refractivity contribution >= 4 is 23.2 Å². The molecule has 100 valence electrons. The first-order valence-corrected chi connectivity index (χ1v) is 6.29. The SMILES string of the molecule is Cc1ccc(C(=O)O)c2nc(-c3cccc(Cl)c3)nn12. The molecule has 0 radical (unpaired) electrons. The van der Waals surface area contributed by atoms with E-state index in [0.717, 1.165) is 11.3 Å². The minimum absolute atomic E-state index is 0.122. The summed E-state index contributed by atoms with van der Waals surface area (Å²) in [4.78, 5) is 15.5. The molecule has 20 heavy (non-hydrogen) atoms. The van der Waals surface area contributed by atoms with E-state index in [-0.39, 0.29) is 5.56 Å². The highest BCUT2D eigenvalue weighted by Crippen LogP contribution is 2.22. The number of aromatic carboxylic acids is 1. The lowest BCUT2D eigenvalue weighted by Gasteiger charge is -1.99. The molecule has 1 N–H and O–H groups in total. The number of benzene rings is 1. The molecule has 0 aliphatic carbocycles. The zero-order chi connectivity index (χ0) is 14.3. The molecule has 0 saturated heterocycles. The summed E-state index contributed by atoms with van der Waals surface area (Å²) in [5, 5.41) is 14.1. The monoisotopic (exact) mass is 287 g/mol. The van der Waals surface area contributed by atoms with Crippen LogP contribution in [0.1, 0.15) is 16.1 Å². The van der Waals surface area contributed by atoms with E-state index in [1.54, 1.807) is 24.3 Å². The van der Waals surface area contributed by atoms with Gasteiger partial charge in [-0.25, -0.2) is 14.3 Å². The number of aryl methyl sites for hydroxylation is 1. The summed E-state index contributed by atoms with van der Waals surface area (Å²) in [5.41, 5.74) is 2.01. The molecule has 6 heteroatoms. The van der Waals surface area contributed by atoms with E-state index in [1.165, 1.54) is 10.6 Å². The summed E-state index contributed by atoms with van der Waals surface area (Å²) >= 11 is 5.95. The summed E-state index contributed by atoms with van der Waals surface area (Å²) in [7, 11) is 0. The van der Waals surface area contributed by atoms with Crippen LogP contribution in [0, 0.1) is 6.92 Å². The number of aromatic nitrogens is 3. The first-order valence-electron chi connectivity index (χ1n) is 5.92. The quantitative estimate of drug-likeness (QED) is 0.786. The van der Waals surface area contributed by atoms with Gasteiger partial charge in [0.2, 0.25) is 0 Å². The van der Waals surface area contributed by atoms with Crippen molar-refractivity contribution < 1.29 is 9.90 Å². The first-order chi connectivity index (χ1) is 9.56. The predicted molar refractivity (Wildman–Crippen MR) is 75.1 cm³/mol. The Kier molecular flexibility index (Phi) is 2.91. The van der Waals surface area contributed by atoms with Gasteiger partial charge in [-0.1, -0.05) is 23.7 Å². The van der Waals surface area contributed by atoms with Gasteiger partial charge < -0.3 is 5.11 Å². The number of carboxylic acids is 1. The van der Waals surface area contributed by atoms with E-state index in [9.17, 15) is 9.90 Å². The second-order valence-corrected chi connectivity index (χ2v) is 4.81. The summed E-state index contributed by atoms with van der Waals surface area (Å²) < 4.78 is 1.53. The predicted octanol–water partition coefficient (Wildman–Crippen LogP) is 3.06. The topological polar surface area (TPSA) is 67.5 Å². The smallest absolute Gasteiger partial charge is 0.339 e. The Bertz CT molecular complexity index is 826. The fraction of sp³-hybridized carbons (Fsp3) is 0.0714. The Morgan fingerprint density at radius 1 is 1.30 bits per heavy atom. The Hall–Kier alpha value is -2.40. The van der Waals surface area contributed by atoms with Gasteiger partial charge in [0.15, 0.2) is 11.5 Å². The Labute approximate surface area is 119 Å². The second-order valence-electron chi connectivity index (χ2n) is 4.37. The van der Waals surface area contributed by atoms with Crippen LogP contribution in [0.15, 0.2) is 36.4 Å². The molecule has 3 aromatic rings. The summed E-state index contributed by atoms with van der Waals surface area (Å²) in [6.45, 7) is 1.84. The van der Waals surface area contributed by atoms with Gasteiger partial charge in [-0.15, -0.1) is 5.10 Å². The van der Waals surface area contributed by atoms with Crippen LogP contribution >= 0.6 is 11.6 Å². The minimum Gasteiger partial charge on any atom is -0.478 e. The van der Waals surface area contributed by atoms with Crippen LogP contribution in [-0.4, -0.2) is 25.7 Å². The lowest BCUT2D eigenvalue weighted by molar-refractivity contribution is 0.0698. The molecule has 0 atom stereocenters. The molecule has 0 bridgehead atoms. The maximum atomic E-state index is 11.2. The molecule has 3 rings (SSSR count). The molecule has 0 unspecified atom stereocenters. The Morgan fingerprint density at radius 3 is 2.80 bits per heavy atom. The molecule has 0 spiro atoms. The number of carboxylic acid groups (broad SMARTS) is 1. The van der Waals surface area contributed by atoms with Crippen molar-refractivity contribution in [3.05, 3.63) is 52.7 Å². The van der Waals surface area contributed by atoms with Gasteiger partial charge >= 0.3 is 5.97 Å². The van der Waals surface area contributed by atoms with Crippen molar-refractivity contribution in [3.63, 3.8) is 0 Å². The van der Waals surface area contributed by atoms with Crippen LogP contribution in [0.25, 0.3) is 17.0 Å². The molecule has 0 amide bonds. The highest BCUT2D eigenvalue weighted by Gasteiger charge is 2.15. The van der Waals surface area contributed by atoms with E-state index < -0.39 is 5.97 Å². The number of hydrogen-bond donors (Lipinski definition) is 1. The number of nitrogens with zero attached hydrogens (tertiary/aromatic N) is 3. The van der Waals surface area contributed by atoms with Gasteiger partial charge in [0, 0.05) is 16.3 Å². The van der Waals surface area contributed by atoms with Crippen LogP contribution in [0.4, 0.5) is 0 Å². The fourth-order valence-corrected chi connectivity index (χ4v) is 2.19. The Morgan fingerprint density at radius 2 is 2.10 bits per heavy atom. The number of pyridine rings is 1. The zero-order valence-electron chi connectivity index (χ0n) is 10.5. The molecule has 2 heterocycles. The average molecular weight is 288 g/mol. The van der Waals surface area contributed by atoms with E-state index >= 15 is 0 Å². The van der Waals surface area contributed by atoms with Crippen molar-refractivity contribution in [2.75, 3.05) is 0 Å². The van der Waals surface area contributed by atoms with Crippen molar-refractivity contribution in [2.24, 2.45) is 0 Å². The lowest BCUT2D eigenvalue weighted by atomic mass is 10.2. The number of fused-ring (bicyclic) bond motifs is 1. The molecule has 0 saturated carbocycles. The van der Waals surface area contributed by atoms with Crippen LogP contribution in [0.5, 0.6) is 0 Å².